The van der Waals surface area contributed by atoms with E-state index in [1.165, 1.54) is 71.4 Å². The molecule has 0 saturated carbocycles. The smallest absolute Gasteiger partial charge is 0.178 e. The topological polar surface area (TPSA) is 32.2 Å². The summed E-state index contributed by atoms with van der Waals surface area (Å²) in [5.41, 5.74) is 15.0. The van der Waals surface area contributed by atoms with Crippen LogP contribution in [0.25, 0.3) is 88.2 Å². The second-order valence-corrected chi connectivity index (χ2v) is 16.4. The third-order valence-corrected chi connectivity index (χ3v) is 13.4. The first-order chi connectivity index (χ1) is 30.3. The summed E-state index contributed by atoms with van der Waals surface area (Å²) in [7, 11) is 0. The Balaban J connectivity index is 1.10. The van der Waals surface area contributed by atoms with Gasteiger partial charge in [-0.2, -0.15) is 0 Å². The fourth-order valence-corrected chi connectivity index (χ4v) is 10.9. The van der Waals surface area contributed by atoms with Crippen LogP contribution in [0.5, 0.6) is 11.5 Å². The van der Waals surface area contributed by atoms with Gasteiger partial charge in [-0.3, -0.25) is 0 Å². The minimum Gasteiger partial charge on any atom is -0.455 e. The summed E-state index contributed by atoms with van der Waals surface area (Å²) in [6, 6.07) is 74.6. The number of furan rings is 1. The van der Waals surface area contributed by atoms with Gasteiger partial charge in [-0.15, -0.1) is 0 Å². The van der Waals surface area contributed by atoms with E-state index in [9.17, 15) is 0 Å². The normalized spacial score (nSPS) is 15.1. The predicted molar refractivity (Wildman–Crippen MR) is 248 cm³/mol. The molecule has 0 fully saturated rings. The lowest BCUT2D eigenvalue weighted by molar-refractivity contribution is 0.389. The Hall–Kier alpha value is -8.08. The van der Waals surface area contributed by atoms with Gasteiger partial charge in [0, 0.05) is 44.0 Å². The van der Waals surface area contributed by atoms with Crippen LogP contribution >= 0.6 is 0 Å². The van der Waals surface area contributed by atoms with E-state index >= 15 is 0 Å². The molecule has 0 radical (unpaired) electrons. The minimum atomic E-state index is -0.835. The van der Waals surface area contributed by atoms with Gasteiger partial charge in [0.05, 0.1) is 27.5 Å². The summed E-state index contributed by atoms with van der Waals surface area (Å²) in [6.07, 6.45) is 0. The summed E-state index contributed by atoms with van der Waals surface area (Å²) >= 11 is 0. The molecule has 1 atom stereocenters. The van der Waals surface area contributed by atoms with Crippen molar-refractivity contribution in [3.63, 3.8) is 0 Å². The van der Waals surface area contributed by atoms with Gasteiger partial charge in [0.1, 0.15) is 16.7 Å². The van der Waals surface area contributed by atoms with E-state index in [-0.39, 0.29) is 0 Å². The summed E-state index contributed by atoms with van der Waals surface area (Å²) in [5, 5.41) is 5.89. The van der Waals surface area contributed by atoms with Crippen LogP contribution in [0, 0.1) is 0 Å². The molecule has 1 unspecified atom stereocenters. The highest BCUT2D eigenvalue weighted by molar-refractivity contribution is 6.14. The summed E-state index contributed by atoms with van der Waals surface area (Å²) in [6.45, 7) is 0. The lowest BCUT2D eigenvalue weighted by Gasteiger charge is -2.36. The van der Waals surface area contributed by atoms with Crippen molar-refractivity contribution < 1.29 is 9.15 Å². The second kappa shape index (κ2) is 12.0. The van der Waals surface area contributed by atoms with Gasteiger partial charge in [0.25, 0.3) is 0 Å². The van der Waals surface area contributed by atoms with Crippen LogP contribution in [0.1, 0.15) is 22.5 Å². The van der Waals surface area contributed by atoms with Gasteiger partial charge in [0.2, 0.25) is 0 Å². The molecule has 3 aromatic heterocycles. The highest BCUT2D eigenvalue weighted by atomic mass is 16.5. The Bertz CT molecular complexity index is 3760. The van der Waals surface area contributed by atoms with Crippen molar-refractivity contribution in [1.82, 2.24) is 9.13 Å². The zero-order valence-electron chi connectivity index (χ0n) is 32.8. The zero-order valence-corrected chi connectivity index (χ0v) is 32.8. The molecular weight excluding hydrogens is 745 g/mol. The first kappa shape index (κ1) is 32.8. The minimum absolute atomic E-state index is 0.770. The average molecular weight is 779 g/mol. The number of hydrogen-bond acceptors (Lipinski definition) is 2. The molecule has 12 aromatic rings. The molecule has 2 aliphatic rings. The van der Waals surface area contributed by atoms with E-state index in [0.29, 0.717) is 0 Å². The molecular formula is C57H34N2O2. The second-order valence-electron chi connectivity index (χ2n) is 16.4. The van der Waals surface area contributed by atoms with Gasteiger partial charge in [0.15, 0.2) is 11.5 Å². The van der Waals surface area contributed by atoms with Gasteiger partial charge in [-0.1, -0.05) is 140 Å². The fraction of sp³-hybridized carbons (Fsp3) is 0.0175. The van der Waals surface area contributed by atoms with Crippen molar-refractivity contribution in [2.24, 2.45) is 0 Å². The summed E-state index contributed by atoms with van der Waals surface area (Å²) in [4.78, 5) is 0. The van der Waals surface area contributed by atoms with Crippen LogP contribution in [-0.4, -0.2) is 9.13 Å². The Morgan fingerprint density at radius 3 is 1.74 bits per heavy atom. The van der Waals surface area contributed by atoms with Crippen LogP contribution in [0.3, 0.4) is 0 Å². The molecule has 1 aliphatic carbocycles. The van der Waals surface area contributed by atoms with Gasteiger partial charge < -0.3 is 18.3 Å². The van der Waals surface area contributed by atoms with Crippen LogP contribution in [0.2, 0.25) is 0 Å². The molecule has 14 rings (SSSR count). The quantitative estimate of drug-likeness (QED) is 0.179. The van der Waals surface area contributed by atoms with Gasteiger partial charge in [-0.25, -0.2) is 0 Å². The molecule has 0 amide bonds. The van der Waals surface area contributed by atoms with Crippen LogP contribution in [0.4, 0.5) is 0 Å². The van der Waals surface area contributed by atoms with E-state index in [4.69, 9.17) is 9.15 Å². The first-order valence-electron chi connectivity index (χ1n) is 20.9. The molecule has 0 N–H and O–H groups in total. The average Bonchev–Trinajstić information content (AvgIpc) is 4.05. The number of hydrogen-bond donors (Lipinski definition) is 0. The molecule has 4 nitrogen and oxygen atoms in total. The Morgan fingerprint density at radius 2 is 0.967 bits per heavy atom. The van der Waals surface area contributed by atoms with Crippen molar-refractivity contribution in [2.75, 3.05) is 0 Å². The van der Waals surface area contributed by atoms with Crippen molar-refractivity contribution in [1.29, 1.82) is 0 Å². The van der Waals surface area contributed by atoms with Gasteiger partial charge >= 0.3 is 0 Å². The number of para-hydroxylation sites is 7. The van der Waals surface area contributed by atoms with E-state index < -0.39 is 5.41 Å². The molecule has 4 heterocycles. The molecule has 1 spiro atoms. The number of nitrogens with zero attached hydrogens (tertiary/aromatic N) is 2. The van der Waals surface area contributed by atoms with Crippen LogP contribution in [-0.2, 0) is 5.41 Å². The molecule has 9 aromatic carbocycles. The maximum atomic E-state index is 7.17. The van der Waals surface area contributed by atoms with Crippen molar-refractivity contribution in [3.8, 4) is 45.1 Å². The molecule has 0 saturated heterocycles. The van der Waals surface area contributed by atoms with Crippen LogP contribution in [0.15, 0.2) is 211 Å². The van der Waals surface area contributed by atoms with Crippen LogP contribution < -0.4 is 4.74 Å². The number of rotatable bonds is 3. The van der Waals surface area contributed by atoms with E-state index in [1.807, 2.05) is 6.07 Å². The van der Waals surface area contributed by atoms with E-state index in [0.717, 1.165) is 50.7 Å². The summed E-state index contributed by atoms with van der Waals surface area (Å²) < 4.78 is 18.9. The van der Waals surface area contributed by atoms with E-state index in [1.54, 1.807) is 0 Å². The van der Waals surface area contributed by atoms with Crippen molar-refractivity contribution >= 4 is 54.6 Å². The zero-order chi connectivity index (χ0) is 39.8. The Morgan fingerprint density at radius 1 is 0.377 bits per heavy atom. The van der Waals surface area contributed by atoms with Crippen molar-refractivity contribution in [2.45, 2.75) is 5.41 Å². The number of aromatic nitrogens is 2. The van der Waals surface area contributed by atoms with E-state index in [2.05, 4.69) is 209 Å². The Labute approximate surface area is 350 Å². The molecule has 1 aliphatic heterocycles. The monoisotopic (exact) mass is 778 g/mol. The summed E-state index contributed by atoms with van der Waals surface area (Å²) in [5.74, 6) is 2.41. The predicted octanol–water partition coefficient (Wildman–Crippen LogP) is 14.8. The lowest BCUT2D eigenvalue weighted by atomic mass is 9.68. The standard InChI is InChI=1S/C57H34N2O2/c1-2-15-36(16-3-1)59-51-26-11-6-19-43(51)44-22-14-21-38(54(44)59)35-29-31-39-40-32-30-37(58-49-24-9-4-17-41(49)42-18-5-10-25-50(42)58)34-48(40)57(47(39)33-35)46-23-8-13-28-53(46)60-55-45-20-7-12-27-52(45)61-56(55)57/h1-34H. The largest absolute Gasteiger partial charge is 0.455 e. The third-order valence-electron chi connectivity index (χ3n) is 13.4. The maximum Gasteiger partial charge on any atom is 0.178 e. The fourth-order valence-electron chi connectivity index (χ4n) is 10.9. The highest BCUT2D eigenvalue weighted by Gasteiger charge is 2.54. The Kier molecular flexibility index (Phi) is 6.46. The molecule has 0 bridgehead atoms. The maximum absolute atomic E-state index is 7.17. The SMILES string of the molecule is c1ccc(-n2c3ccccc3c3cccc(-c4ccc5c(c4)C4(c6ccccc6Oc6c4oc4ccccc64)c4cc(-n6c7ccccc7c7ccccc76)ccc4-5)c32)cc1. The molecule has 61 heavy (non-hydrogen) atoms. The number of fused-ring (bicyclic) bond motifs is 17. The molecule has 284 valence electrons. The molecule has 4 heteroatoms. The van der Waals surface area contributed by atoms with Gasteiger partial charge in [-0.05, 0) is 94.5 Å². The third kappa shape index (κ3) is 4.23. The highest BCUT2D eigenvalue weighted by Crippen LogP contribution is 2.64. The number of benzene rings is 9. The van der Waals surface area contributed by atoms with Crippen molar-refractivity contribution in [3.05, 3.63) is 229 Å². The first-order valence-corrected chi connectivity index (χ1v) is 20.9. The number of ether oxygens (including phenoxy) is 1. The lowest BCUT2D eigenvalue weighted by Crippen LogP contribution is -2.31.